The number of nitrogens with one attached hydrogen (secondary N) is 1. The summed E-state index contributed by atoms with van der Waals surface area (Å²) < 4.78 is 7.28. The van der Waals surface area contributed by atoms with Crippen LogP contribution in [0.15, 0.2) is 49.1 Å². The van der Waals surface area contributed by atoms with Gasteiger partial charge in [0.1, 0.15) is 0 Å². The number of hydrogen-bond acceptors (Lipinski definition) is 5. The second kappa shape index (κ2) is 8.61. The zero-order valence-corrected chi connectivity index (χ0v) is 17.8. The van der Waals surface area contributed by atoms with Crippen molar-refractivity contribution in [3.8, 4) is 22.3 Å². The van der Waals surface area contributed by atoms with Crippen LogP contribution in [0.25, 0.3) is 22.3 Å². The molecule has 1 saturated carbocycles. The molecule has 7 nitrogen and oxygen atoms in total. The predicted octanol–water partition coefficient (Wildman–Crippen LogP) is 3.33. The maximum absolute atomic E-state index is 12.6. The molecule has 7 heteroatoms. The monoisotopic (exact) mass is 417 g/mol. The molecular formula is C24H27N5O2. The topological polar surface area (TPSA) is 72.3 Å². The number of nitrogens with zero attached hydrogens (tertiary/aromatic N) is 4. The largest absolute Gasteiger partial charge is 0.379 e. The highest BCUT2D eigenvalue weighted by atomic mass is 16.5. The minimum Gasteiger partial charge on any atom is -0.379 e. The SMILES string of the molecule is Cn1cc(-c2ccncc2-c2cc(CN3CCOCC3)ccc2NC(=O)C2CC2)cn1. The Morgan fingerprint density at radius 2 is 1.97 bits per heavy atom. The Balaban J connectivity index is 1.54. The third-order valence-corrected chi connectivity index (χ3v) is 5.93. The van der Waals surface area contributed by atoms with Crippen LogP contribution < -0.4 is 5.32 Å². The number of pyridine rings is 1. The Labute approximate surface area is 182 Å². The maximum atomic E-state index is 12.6. The standard InChI is InChI=1S/C24H27N5O2/c1-28-16-19(13-26-28)20-6-7-25-14-22(20)21-12-17(15-29-8-10-31-11-9-29)2-5-23(21)27-24(30)18-3-4-18/h2,5-7,12-14,16,18H,3-4,8-11,15H2,1H3,(H,27,30). The van der Waals surface area contributed by atoms with Crippen LogP contribution in [-0.2, 0) is 23.1 Å². The number of amides is 1. The molecule has 2 fully saturated rings. The van der Waals surface area contributed by atoms with Crippen molar-refractivity contribution in [2.75, 3.05) is 31.6 Å². The fraction of sp³-hybridized carbons (Fsp3) is 0.375. The second-order valence-corrected chi connectivity index (χ2v) is 8.36. The number of ether oxygens (including phenoxy) is 1. The minimum atomic E-state index is 0.106. The highest BCUT2D eigenvalue weighted by Crippen LogP contribution is 2.38. The van der Waals surface area contributed by atoms with Gasteiger partial charge in [-0.2, -0.15) is 5.10 Å². The summed E-state index contributed by atoms with van der Waals surface area (Å²) in [5.41, 5.74) is 6.10. The lowest BCUT2D eigenvalue weighted by molar-refractivity contribution is -0.117. The Morgan fingerprint density at radius 3 is 2.71 bits per heavy atom. The van der Waals surface area contributed by atoms with Crippen molar-refractivity contribution in [1.29, 1.82) is 0 Å². The van der Waals surface area contributed by atoms with Crippen LogP contribution in [0.5, 0.6) is 0 Å². The van der Waals surface area contributed by atoms with Gasteiger partial charge in [-0.25, -0.2) is 0 Å². The number of hydrogen-bond donors (Lipinski definition) is 1. The van der Waals surface area contributed by atoms with E-state index in [2.05, 4.69) is 32.4 Å². The van der Waals surface area contributed by atoms with E-state index in [0.29, 0.717) is 0 Å². The van der Waals surface area contributed by atoms with Crippen molar-refractivity contribution in [3.63, 3.8) is 0 Å². The normalized spacial score (nSPS) is 16.9. The predicted molar refractivity (Wildman–Crippen MR) is 119 cm³/mol. The number of morpholine rings is 1. The molecule has 160 valence electrons. The maximum Gasteiger partial charge on any atom is 0.227 e. The van der Waals surface area contributed by atoms with E-state index < -0.39 is 0 Å². The Hall–Kier alpha value is -3.03. The molecule has 0 radical (unpaired) electrons. The van der Waals surface area contributed by atoms with Crippen LogP contribution >= 0.6 is 0 Å². The van der Waals surface area contributed by atoms with Crippen molar-refractivity contribution >= 4 is 11.6 Å². The van der Waals surface area contributed by atoms with E-state index in [0.717, 1.165) is 73.6 Å². The fourth-order valence-electron chi connectivity index (χ4n) is 4.04. The zero-order chi connectivity index (χ0) is 21.2. The summed E-state index contributed by atoms with van der Waals surface area (Å²) >= 11 is 0. The molecule has 0 unspecified atom stereocenters. The molecule has 0 spiro atoms. The molecule has 3 aromatic rings. The van der Waals surface area contributed by atoms with Gasteiger partial charge in [0.25, 0.3) is 0 Å². The van der Waals surface area contributed by atoms with Gasteiger partial charge in [0.05, 0.1) is 19.4 Å². The highest BCUT2D eigenvalue weighted by Gasteiger charge is 2.30. The second-order valence-electron chi connectivity index (χ2n) is 8.36. The van der Waals surface area contributed by atoms with Gasteiger partial charge in [0.2, 0.25) is 5.91 Å². The fourth-order valence-corrected chi connectivity index (χ4v) is 4.04. The number of carbonyl (C=O) groups is 1. The van der Waals surface area contributed by atoms with Gasteiger partial charge in [-0.05, 0) is 42.2 Å². The first kappa shape index (κ1) is 19.9. The lowest BCUT2D eigenvalue weighted by atomic mass is 9.95. The summed E-state index contributed by atoms with van der Waals surface area (Å²) in [6.45, 7) is 4.27. The number of carbonyl (C=O) groups excluding carboxylic acids is 1. The van der Waals surface area contributed by atoms with E-state index in [4.69, 9.17) is 4.74 Å². The van der Waals surface area contributed by atoms with E-state index in [1.165, 1.54) is 5.56 Å². The summed E-state index contributed by atoms with van der Waals surface area (Å²) in [5.74, 6) is 0.251. The van der Waals surface area contributed by atoms with Crippen LogP contribution in [-0.4, -0.2) is 51.9 Å². The summed E-state index contributed by atoms with van der Waals surface area (Å²) in [6, 6.07) is 8.34. The first-order chi connectivity index (χ1) is 15.2. The molecular weight excluding hydrogens is 390 g/mol. The van der Waals surface area contributed by atoms with E-state index >= 15 is 0 Å². The molecule has 1 saturated heterocycles. The number of benzene rings is 1. The third-order valence-electron chi connectivity index (χ3n) is 5.93. The van der Waals surface area contributed by atoms with Crippen LogP contribution in [0.4, 0.5) is 5.69 Å². The molecule has 1 N–H and O–H groups in total. The van der Waals surface area contributed by atoms with E-state index in [9.17, 15) is 4.79 Å². The van der Waals surface area contributed by atoms with Gasteiger partial charge < -0.3 is 10.1 Å². The van der Waals surface area contributed by atoms with Crippen LogP contribution in [0.3, 0.4) is 0 Å². The van der Waals surface area contributed by atoms with E-state index in [1.807, 2.05) is 37.8 Å². The number of rotatable bonds is 6. The van der Waals surface area contributed by atoms with Gasteiger partial charge in [-0.15, -0.1) is 0 Å². The molecule has 0 bridgehead atoms. The lowest BCUT2D eigenvalue weighted by Crippen LogP contribution is -2.35. The van der Waals surface area contributed by atoms with Crippen molar-refractivity contribution in [3.05, 3.63) is 54.6 Å². The summed E-state index contributed by atoms with van der Waals surface area (Å²) in [4.78, 5) is 19.4. The molecule has 1 amide bonds. The molecule has 5 rings (SSSR count). The lowest BCUT2D eigenvalue weighted by Gasteiger charge is -2.27. The molecule has 0 atom stereocenters. The highest BCUT2D eigenvalue weighted by molar-refractivity contribution is 5.99. The van der Waals surface area contributed by atoms with Gasteiger partial charge in [0.15, 0.2) is 0 Å². The molecule has 1 aromatic carbocycles. The molecule has 2 aromatic heterocycles. The van der Waals surface area contributed by atoms with Crippen molar-refractivity contribution in [2.45, 2.75) is 19.4 Å². The van der Waals surface area contributed by atoms with Crippen molar-refractivity contribution < 1.29 is 9.53 Å². The van der Waals surface area contributed by atoms with Crippen LogP contribution in [0.2, 0.25) is 0 Å². The minimum absolute atomic E-state index is 0.106. The summed E-state index contributed by atoms with van der Waals surface area (Å²) in [7, 11) is 1.91. The van der Waals surface area contributed by atoms with Gasteiger partial charge >= 0.3 is 0 Å². The van der Waals surface area contributed by atoms with Crippen molar-refractivity contribution in [2.24, 2.45) is 13.0 Å². The average Bonchev–Trinajstić information content (AvgIpc) is 3.56. The number of aryl methyl sites for hydroxylation is 1. The molecule has 3 heterocycles. The molecule has 31 heavy (non-hydrogen) atoms. The van der Waals surface area contributed by atoms with Crippen molar-refractivity contribution in [1.82, 2.24) is 19.7 Å². The van der Waals surface area contributed by atoms with Gasteiger partial charge in [0, 0.05) is 73.6 Å². The Bertz CT molecular complexity index is 1080. The first-order valence-electron chi connectivity index (χ1n) is 10.8. The van der Waals surface area contributed by atoms with E-state index in [-0.39, 0.29) is 11.8 Å². The molecule has 1 aliphatic carbocycles. The third kappa shape index (κ3) is 4.52. The summed E-state index contributed by atoms with van der Waals surface area (Å²) in [6.07, 6.45) is 9.49. The first-order valence-corrected chi connectivity index (χ1v) is 10.8. The van der Waals surface area contributed by atoms with Crippen LogP contribution in [0, 0.1) is 5.92 Å². The number of aromatic nitrogens is 3. The van der Waals surface area contributed by atoms with Crippen LogP contribution in [0.1, 0.15) is 18.4 Å². The quantitative estimate of drug-likeness (QED) is 0.666. The molecule has 2 aliphatic rings. The van der Waals surface area contributed by atoms with E-state index in [1.54, 1.807) is 10.9 Å². The Morgan fingerprint density at radius 1 is 1.13 bits per heavy atom. The smallest absolute Gasteiger partial charge is 0.227 e. The zero-order valence-electron chi connectivity index (χ0n) is 17.8. The molecule has 1 aliphatic heterocycles. The summed E-state index contributed by atoms with van der Waals surface area (Å²) in [5, 5.41) is 7.50. The Kier molecular flexibility index (Phi) is 5.53. The van der Waals surface area contributed by atoms with Gasteiger partial charge in [-0.3, -0.25) is 19.4 Å². The van der Waals surface area contributed by atoms with Gasteiger partial charge in [-0.1, -0.05) is 6.07 Å². The average molecular weight is 418 g/mol. The number of anilines is 1.